The van der Waals surface area contributed by atoms with Crippen LogP contribution in [0.3, 0.4) is 0 Å². The number of methoxy groups -OCH3 is 2. The standard InChI is InChI=1S/C26H22Cl2N2O5.CH4/c1-34-23(32)15-30(14-18(9-10-31)16-7-8-21(27)22(28)12-16)26(33)24-20-6-4-3-5-17(20)11-19(13-29)25(24)35-2;/h3-8,10-12,18H,9,14-15H2,1-2H3;1H4. The number of hydrogen-bond acceptors (Lipinski definition) is 6. The van der Waals surface area contributed by atoms with E-state index in [2.05, 4.69) is 6.07 Å². The fraction of sp³-hybridized carbons (Fsp3) is 0.259. The summed E-state index contributed by atoms with van der Waals surface area (Å²) in [6.07, 6.45) is 0.805. The zero-order valence-corrected chi connectivity index (χ0v) is 20.6. The van der Waals surface area contributed by atoms with E-state index in [1.807, 2.05) is 0 Å². The van der Waals surface area contributed by atoms with Gasteiger partial charge in [0.1, 0.15) is 24.6 Å². The molecule has 3 aromatic carbocycles. The molecule has 3 rings (SSSR count). The second-order valence-corrected chi connectivity index (χ2v) is 8.51. The van der Waals surface area contributed by atoms with Crippen LogP contribution in [0.1, 0.15) is 41.3 Å². The SMILES string of the molecule is C.COC(=O)CN(CC(CC=O)c1ccc(Cl)c(Cl)c1)C(=O)c1c(OC)c(C#N)cc2ccccc12. The summed E-state index contributed by atoms with van der Waals surface area (Å²) in [5.74, 6) is -1.56. The Balaban J connectivity index is 0.00000456. The molecule has 3 aromatic rings. The van der Waals surface area contributed by atoms with E-state index in [0.29, 0.717) is 26.4 Å². The van der Waals surface area contributed by atoms with Gasteiger partial charge in [0.25, 0.3) is 5.91 Å². The number of halogens is 2. The Kier molecular flexibility index (Phi) is 10.3. The fourth-order valence-electron chi connectivity index (χ4n) is 3.90. The van der Waals surface area contributed by atoms with Crippen LogP contribution in [0.4, 0.5) is 0 Å². The number of benzene rings is 3. The molecular formula is C27H26Cl2N2O5. The van der Waals surface area contributed by atoms with Gasteiger partial charge in [-0.05, 0) is 34.5 Å². The van der Waals surface area contributed by atoms with Gasteiger partial charge in [-0.25, -0.2) is 0 Å². The Hall–Kier alpha value is -3.60. The molecule has 0 saturated heterocycles. The molecule has 0 fully saturated rings. The Morgan fingerprint density at radius 3 is 2.44 bits per heavy atom. The van der Waals surface area contributed by atoms with Crippen LogP contribution in [0.25, 0.3) is 10.8 Å². The molecule has 9 heteroatoms. The summed E-state index contributed by atoms with van der Waals surface area (Å²) >= 11 is 12.2. The van der Waals surface area contributed by atoms with Gasteiger partial charge in [-0.3, -0.25) is 9.59 Å². The van der Waals surface area contributed by atoms with Crippen molar-refractivity contribution in [1.29, 1.82) is 5.26 Å². The monoisotopic (exact) mass is 528 g/mol. The number of aldehydes is 1. The van der Waals surface area contributed by atoms with Crippen LogP contribution < -0.4 is 4.74 Å². The summed E-state index contributed by atoms with van der Waals surface area (Å²) in [5, 5.41) is 11.5. The van der Waals surface area contributed by atoms with Crippen LogP contribution in [0.2, 0.25) is 10.0 Å². The van der Waals surface area contributed by atoms with E-state index in [9.17, 15) is 19.6 Å². The van der Waals surface area contributed by atoms with Gasteiger partial charge in [0.05, 0.1) is 35.4 Å². The Morgan fingerprint density at radius 1 is 1.11 bits per heavy atom. The van der Waals surface area contributed by atoms with Crippen molar-refractivity contribution in [2.75, 3.05) is 27.3 Å². The maximum atomic E-state index is 13.9. The molecule has 0 bridgehead atoms. The van der Waals surface area contributed by atoms with Crippen LogP contribution >= 0.6 is 23.2 Å². The van der Waals surface area contributed by atoms with Crippen molar-refractivity contribution in [2.24, 2.45) is 0 Å². The van der Waals surface area contributed by atoms with Gasteiger partial charge in [-0.2, -0.15) is 5.26 Å². The van der Waals surface area contributed by atoms with E-state index in [1.165, 1.54) is 19.1 Å². The number of rotatable bonds is 9. The molecular weight excluding hydrogens is 503 g/mol. The molecule has 1 amide bonds. The molecule has 0 aliphatic heterocycles. The van der Waals surface area contributed by atoms with Crippen molar-refractivity contribution in [3.63, 3.8) is 0 Å². The number of ether oxygens (including phenoxy) is 2. The number of hydrogen-bond donors (Lipinski definition) is 0. The first kappa shape index (κ1) is 28.6. The molecule has 188 valence electrons. The zero-order valence-electron chi connectivity index (χ0n) is 19.1. The predicted molar refractivity (Wildman–Crippen MR) is 140 cm³/mol. The summed E-state index contributed by atoms with van der Waals surface area (Å²) in [6, 6.07) is 15.7. The Morgan fingerprint density at radius 2 is 1.83 bits per heavy atom. The zero-order chi connectivity index (χ0) is 25.5. The van der Waals surface area contributed by atoms with E-state index in [-0.39, 0.29) is 43.8 Å². The van der Waals surface area contributed by atoms with Crippen molar-refractivity contribution >= 4 is 52.1 Å². The van der Waals surface area contributed by atoms with Gasteiger partial charge in [0.2, 0.25) is 0 Å². The second kappa shape index (κ2) is 12.9. The Labute approximate surface area is 220 Å². The van der Waals surface area contributed by atoms with Crippen LogP contribution in [0.15, 0.2) is 48.5 Å². The van der Waals surface area contributed by atoms with E-state index >= 15 is 0 Å². The van der Waals surface area contributed by atoms with Crippen LogP contribution in [0, 0.1) is 11.3 Å². The highest BCUT2D eigenvalue weighted by molar-refractivity contribution is 6.42. The molecule has 0 aromatic heterocycles. The van der Waals surface area contributed by atoms with E-state index in [4.69, 9.17) is 32.7 Å². The summed E-state index contributed by atoms with van der Waals surface area (Å²) in [5.41, 5.74) is 1.00. The van der Waals surface area contributed by atoms with Crippen molar-refractivity contribution in [3.8, 4) is 11.8 Å². The minimum atomic E-state index is -0.642. The van der Waals surface area contributed by atoms with Crippen molar-refractivity contribution < 1.29 is 23.9 Å². The topological polar surface area (TPSA) is 96.7 Å². The predicted octanol–water partition coefficient (Wildman–Crippen LogP) is 5.65. The van der Waals surface area contributed by atoms with Crippen molar-refractivity contribution in [3.05, 3.63) is 75.3 Å². The molecule has 0 heterocycles. The number of esters is 1. The maximum absolute atomic E-state index is 13.9. The molecule has 1 unspecified atom stereocenters. The van der Waals surface area contributed by atoms with Gasteiger partial charge >= 0.3 is 5.97 Å². The highest BCUT2D eigenvalue weighted by atomic mass is 35.5. The number of amides is 1. The van der Waals surface area contributed by atoms with Gasteiger partial charge in [-0.15, -0.1) is 0 Å². The van der Waals surface area contributed by atoms with E-state index < -0.39 is 17.8 Å². The lowest BCUT2D eigenvalue weighted by Crippen LogP contribution is -2.39. The first-order valence-corrected chi connectivity index (χ1v) is 11.3. The highest BCUT2D eigenvalue weighted by Gasteiger charge is 2.29. The molecule has 1 atom stereocenters. The number of nitriles is 1. The van der Waals surface area contributed by atoms with Gasteiger partial charge in [-0.1, -0.05) is 61.0 Å². The molecule has 0 saturated carbocycles. The number of carbonyl (C=O) groups is 3. The lowest BCUT2D eigenvalue weighted by atomic mass is 9.94. The minimum absolute atomic E-state index is 0. The first-order valence-electron chi connectivity index (χ1n) is 10.6. The third kappa shape index (κ3) is 6.14. The van der Waals surface area contributed by atoms with E-state index in [0.717, 1.165) is 6.29 Å². The molecule has 0 radical (unpaired) electrons. The number of nitrogens with zero attached hydrogens (tertiary/aromatic N) is 2. The normalized spacial score (nSPS) is 11.1. The summed E-state index contributed by atoms with van der Waals surface area (Å²) in [7, 11) is 2.59. The van der Waals surface area contributed by atoms with Crippen LogP contribution in [-0.4, -0.2) is 50.4 Å². The molecule has 0 spiro atoms. The van der Waals surface area contributed by atoms with Crippen LogP contribution in [-0.2, 0) is 14.3 Å². The number of fused-ring (bicyclic) bond motifs is 1. The fourth-order valence-corrected chi connectivity index (χ4v) is 4.20. The minimum Gasteiger partial charge on any atom is -0.495 e. The van der Waals surface area contributed by atoms with Crippen LogP contribution in [0.5, 0.6) is 5.75 Å². The largest absolute Gasteiger partial charge is 0.495 e. The van der Waals surface area contributed by atoms with E-state index in [1.54, 1.807) is 48.5 Å². The van der Waals surface area contributed by atoms with Crippen molar-refractivity contribution in [1.82, 2.24) is 4.90 Å². The second-order valence-electron chi connectivity index (χ2n) is 7.70. The first-order chi connectivity index (χ1) is 16.8. The third-order valence-corrected chi connectivity index (χ3v) is 6.35. The highest BCUT2D eigenvalue weighted by Crippen LogP contribution is 2.34. The lowest BCUT2D eigenvalue weighted by molar-refractivity contribution is -0.141. The van der Waals surface area contributed by atoms with Gasteiger partial charge in [0.15, 0.2) is 0 Å². The number of carbonyl (C=O) groups excluding carboxylic acids is 3. The summed E-state index contributed by atoms with van der Waals surface area (Å²) in [4.78, 5) is 39.0. The quantitative estimate of drug-likeness (QED) is 0.263. The molecule has 0 aliphatic rings. The average molecular weight is 529 g/mol. The van der Waals surface area contributed by atoms with Gasteiger partial charge in [0, 0.05) is 18.9 Å². The van der Waals surface area contributed by atoms with Gasteiger partial charge < -0.3 is 19.2 Å². The summed E-state index contributed by atoms with van der Waals surface area (Å²) < 4.78 is 10.3. The Bertz CT molecular complexity index is 1320. The van der Waals surface area contributed by atoms with Crippen molar-refractivity contribution in [2.45, 2.75) is 19.8 Å². The third-order valence-electron chi connectivity index (χ3n) is 5.61. The smallest absolute Gasteiger partial charge is 0.325 e. The average Bonchev–Trinajstić information content (AvgIpc) is 2.87. The molecule has 0 N–H and O–H groups in total. The molecule has 0 aliphatic carbocycles. The molecule has 36 heavy (non-hydrogen) atoms. The molecule has 7 nitrogen and oxygen atoms in total. The maximum Gasteiger partial charge on any atom is 0.325 e. The lowest BCUT2D eigenvalue weighted by Gasteiger charge is -2.28. The summed E-state index contributed by atoms with van der Waals surface area (Å²) in [6.45, 7) is -0.376.